The molecule has 1 heterocycles. The highest BCUT2D eigenvalue weighted by Gasteiger charge is 2.44. The summed E-state index contributed by atoms with van der Waals surface area (Å²) in [6.07, 6.45) is 35.8. The average molecular weight is 858 g/mol. The van der Waals surface area contributed by atoms with E-state index in [-0.39, 0.29) is 18.9 Å². The molecule has 0 aromatic carbocycles. The highest BCUT2D eigenvalue weighted by molar-refractivity contribution is 5.76. The summed E-state index contributed by atoms with van der Waals surface area (Å²) in [7, 11) is 0. The van der Waals surface area contributed by atoms with Gasteiger partial charge in [-0.3, -0.25) is 4.79 Å². The Kier molecular flexibility index (Phi) is 39.0. The molecule has 60 heavy (non-hydrogen) atoms. The maximum absolute atomic E-state index is 13.0. The zero-order valence-corrected chi connectivity index (χ0v) is 39.1. The van der Waals surface area contributed by atoms with Crippen LogP contribution in [-0.2, 0) is 14.3 Å². The van der Waals surface area contributed by atoms with Crippen LogP contribution in [0, 0.1) is 0 Å². The van der Waals surface area contributed by atoms with Gasteiger partial charge in [0, 0.05) is 6.42 Å². The summed E-state index contributed by atoms with van der Waals surface area (Å²) in [5.41, 5.74) is 0. The molecule has 358 valence electrons. The van der Waals surface area contributed by atoms with Crippen molar-refractivity contribution in [2.45, 2.75) is 300 Å². The molecule has 0 aromatic heterocycles. The number of carbonyl (C=O) groups excluding carboxylic acids is 1. The van der Waals surface area contributed by atoms with Gasteiger partial charge in [0.1, 0.15) is 30.5 Å². The number of amides is 1. The van der Waals surface area contributed by atoms with E-state index in [1.807, 2.05) is 0 Å². The molecule has 1 rings (SSSR count). The summed E-state index contributed by atoms with van der Waals surface area (Å²) in [6, 6.07) is -0.983. The average Bonchev–Trinajstić information content (AvgIpc) is 3.25. The molecule has 1 amide bonds. The highest BCUT2D eigenvalue weighted by atomic mass is 16.7. The molecule has 0 bridgehead atoms. The standard InChI is InChI=1S/C50H99NO9/c1-3-5-7-9-11-13-14-15-16-17-18-19-20-21-22-23-24-25-26-27-28-29-30-31-33-35-37-39-45(54)51-42(41-59-50-49(58)48(57)47(56)44(40-52)60-50)46(55)43(53)38-36-34-32-12-10-8-6-4-2/h42-44,46-50,52-53,55-58H,3-41H2,1-2H3,(H,51,54)/t42-,43+,44+,46-,47-,48?,49?,50+/m0/s1. The lowest BCUT2D eigenvalue weighted by Crippen LogP contribution is -2.60. The van der Waals surface area contributed by atoms with Crippen molar-refractivity contribution in [3.63, 3.8) is 0 Å². The van der Waals surface area contributed by atoms with Crippen LogP contribution < -0.4 is 5.32 Å². The molecule has 10 nitrogen and oxygen atoms in total. The molecule has 1 aliphatic heterocycles. The Morgan fingerprint density at radius 1 is 0.517 bits per heavy atom. The van der Waals surface area contributed by atoms with Gasteiger partial charge in [0.15, 0.2) is 6.29 Å². The van der Waals surface area contributed by atoms with Crippen molar-refractivity contribution < 1.29 is 44.9 Å². The van der Waals surface area contributed by atoms with E-state index < -0.39 is 55.6 Å². The van der Waals surface area contributed by atoms with Gasteiger partial charge < -0.3 is 45.4 Å². The maximum Gasteiger partial charge on any atom is 0.220 e. The molecule has 8 atom stereocenters. The van der Waals surface area contributed by atoms with Gasteiger partial charge in [0.25, 0.3) is 0 Å². The summed E-state index contributed by atoms with van der Waals surface area (Å²) in [5.74, 6) is -0.254. The summed E-state index contributed by atoms with van der Waals surface area (Å²) >= 11 is 0. The minimum absolute atomic E-state index is 0.254. The minimum Gasteiger partial charge on any atom is -0.394 e. The lowest BCUT2D eigenvalue weighted by Gasteiger charge is -2.40. The Hall–Kier alpha value is -0.850. The zero-order valence-electron chi connectivity index (χ0n) is 39.1. The number of unbranched alkanes of at least 4 members (excludes halogenated alkanes) is 33. The number of hydrogen-bond acceptors (Lipinski definition) is 9. The fraction of sp³-hybridized carbons (Fsp3) is 0.980. The predicted molar refractivity (Wildman–Crippen MR) is 246 cm³/mol. The van der Waals surface area contributed by atoms with Crippen molar-refractivity contribution in [1.29, 1.82) is 0 Å². The first-order chi connectivity index (χ1) is 29.3. The lowest BCUT2D eigenvalue weighted by molar-refractivity contribution is -0.303. The van der Waals surface area contributed by atoms with Crippen molar-refractivity contribution in [1.82, 2.24) is 5.32 Å². The Labute approximate surface area is 368 Å². The van der Waals surface area contributed by atoms with Crippen LogP contribution in [0.3, 0.4) is 0 Å². The van der Waals surface area contributed by atoms with Gasteiger partial charge in [-0.25, -0.2) is 0 Å². The van der Waals surface area contributed by atoms with E-state index in [2.05, 4.69) is 19.2 Å². The number of ether oxygens (including phenoxy) is 2. The molecule has 0 aromatic rings. The number of hydrogen-bond donors (Lipinski definition) is 7. The SMILES string of the molecule is CCCCCCCCCCCCCCCCCCCCCCCCCCCCCC(=O)N[C@@H](CO[C@@H]1O[C@H](CO)[C@H](O)C(O)C1O)[C@H](O)[C@H](O)CCCCCCCCCC. The second kappa shape index (κ2) is 40.9. The van der Waals surface area contributed by atoms with E-state index >= 15 is 0 Å². The summed E-state index contributed by atoms with van der Waals surface area (Å²) in [4.78, 5) is 13.0. The normalized spacial score (nSPS) is 21.0. The Bertz CT molecular complexity index is 926. The van der Waals surface area contributed by atoms with Crippen LogP contribution in [0.15, 0.2) is 0 Å². The first-order valence-electron chi connectivity index (χ1n) is 25.8. The second-order valence-electron chi connectivity index (χ2n) is 18.5. The molecule has 2 unspecified atom stereocenters. The van der Waals surface area contributed by atoms with Crippen molar-refractivity contribution >= 4 is 5.91 Å². The maximum atomic E-state index is 13.0. The van der Waals surface area contributed by atoms with Crippen molar-refractivity contribution in [3.05, 3.63) is 0 Å². The van der Waals surface area contributed by atoms with E-state index in [4.69, 9.17) is 9.47 Å². The Morgan fingerprint density at radius 2 is 0.867 bits per heavy atom. The van der Waals surface area contributed by atoms with Gasteiger partial charge in [-0.15, -0.1) is 0 Å². The van der Waals surface area contributed by atoms with Gasteiger partial charge in [-0.2, -0.15) is 0 Å². The summed E-state index contributed by atoms with van der Waals surface area (Å²) < 4.78 is 11.1. The van der Waals surface area contributed by atoms with Crippen LogP contribution in [0.4, 0.5) is 0 Å². The van der Waals surface area contributed by atoms with Crippen molar-refractivity contribution in [3.8, 4) is 0 Å². The molecule has 0 spiro atoms. The van der Waals surface area contributed by atoms with E-state index in [0.717, 1.165) is 44.9 Å². The van der Waals surface area contributed by atoms with Crippen molar-refractivity contribution in [2.75, 3.05) is 13.2 Å². The molecule has 1 saturated heterocycles. The number of nitrogens with one attached hydrogen (secondary N) is 1. The number of aliphatic hydroxyl groups excluding tert-OH is 6. The van der Waals surface area contributed by atoms with Gasteiger partial charge in [0.05, 0.1) is 25.4 Å². The molecular weight excluding hydrogens is 759 g/mol. The lowest BCUT2D eigenvalue weighted by atomic mass is 9.98. The van der Waals surface area contributed by atoms with Gasteiger partial charge in [0.2, 0.25) is 5.91 Å². The molecule has 0 radical (unpaired) electrons. The van der Waals surface area contributed by atoms with Crippen LogP contribution in [0.5, 0.6) is 0 Å². The molecule has 10 heteroatoms. The van der Waals surface area contributed by atoms with Crippen molar-refractivity contribution in [2.24, 2.45) is 0 Å². The summed E-state index contributed by atoms with van der Waals surface area (Å²) in [5, 5.41) is 65.0. The molecule has 1 fully saturated rings. The van der Waals surface area contributed by atoms with E-state index in [0.29, 0.717) is 6.42 Å². The fourth-order valence-corrected chi connectivity index (χ4v) is 8.61. The third-order valence-electron chi connectivity index (χ3n) is 12.8. The van der Waals surface area contributed by atoms with Crippen LogP contribution in [0.2, 0.25) is 0 Å². The third-order valence-corrected chi connectivity index (χ3v) is 12.8. The molecule has 7 N–H and O–H groups in total. The largest absolute Gasteiger partial charge is 0.394 e. The molecule has 0 aliphatic carbocycles. The smallest absolute Gasteiger partial charge is 0.220 e. The predicted octanol–water partition coefficient (Wildman–Crippen LogP) is 10.5. The zero-order chi connectivity index (χ0) is 43.9. The van der Waals surface area contributed by atoms with Gasteiger partial charge in [-0.05, 0) is 12.8 Å². The van der Waals surface area contributed by atoms with Crippen LogP contribution in [0.25, 0.3) is 0 Å². The second-order valence-corrected chi connectivity index (χ2v) is 18.5. The number of aliphatic hydroxyl groups is 6. The van der Waals surface area contributed by atoms with Crippen LogP contribution >= 0.6 is 0 Å². The highest BCUT2D eigenvalue weighted by Crippen LogP contribution is 2.23. The van der Waals surface area contributed by atoms with E-state index in [1.165, 1.54) is 180 Å². The van der Waals surface area contributed by atoms with Crippen LogP contribution in [-0.4, -0.2) is 98.7 Å². The number of rotatable bonds is 44. The Balaban J connectivity index is 2.16. The molecular formula is C50H99NO9. The first kappa shape index (κ1) is 57.2. The van der Waals surface area contributed by atoms with E-state index in [9.17, 15) is 35.4 Å². The quantitative estimate of drug-likeness (QED) is 0.0295. The van der Waals surface area contributed by atoms with E-state index in [1.54, 1.807) is 0 Å². The Morgan fingerprint density at radius 3 is 1.23 bits per heavy atom. The summed E-state index contributed by atoms with van der Waals surface area (Å²) in [6.45, 7) is 3.59. The minimum atomic E-state index is -1.60. The monoisotopic (exact) mass is 858 g/mol. The third kappa shape index (κ3) is 30.3. The molecule has 0 saturated carbocycles. The number of carbonyl (C=O) groups is 1. The topological polar surface area (TPSA) is 169 Å². The van der Waals surface area contributed by atoms with Gasteiger partial charge >= 0.3 is 0 Å². The van der Waals surface area contributed by atoms with Gasteiger partial charge in [-0.1, -0.05) is 232 Å². The first-order valence-corrected chi connectivity index (χ1v) is 25.8. The molecule has 1 aliphatic rings. The van der Waals surface area contributed by atoms with Crippen LogP contribution in [0.1, 0.15) is 251 Å². The fourth-order valence-electron chi connectivity index (χ4n) is 8.61.